The van der Waals surface area contributed by atoms with Gasteiger partial charge in [0.05, 0.1) is 0 Å². The molecule has 0 nitrogen and oxygen atoms in total. The largest absolute Gasteiger partial charge is 0.0843 e. The molecule has 0 radical (unpaired) electrons. The van der Waals surface area contributed by atoms with Crippen LogP contribution in [0.4, 0.5) is 0 Å². The molecule has 1 aromatic carbocycles. The molecule has 0 N–H and O–H groups in total. The van der Waals surface area contributed by atoms with Crippen LogP contribution < -0.4 is 0 Å². The van der Waals surface area contributed by atoms with Crippen LogP contribution in [0.25, 0.3) is 0 Å². The number of halogens is 2. The van der Waals surface area contributed by atoms with Gasteiger partial charge in [-0.2, -0.15) is 0 Å². The monoisotopic (exact) mass is 214 g/mol. The van der Waals surface area contributed by atoms with Crippen molar-refractivity contribution in [3.63, 3.8) is 0 Å². The summed E-state index contributed by atoms with van der Waals surface area (Å²) in [6.07, 6.45) is 5.23. The Balaban J connectivity index is 2.10. The average molecular weight is 215 g/mol. The molecule has 0 heterocycles. The van der Waals surface area contributed by atoms with E-state index in [-0.39, 0.29) is 0 Å². The van der Waals surface area contributed by atoms with Crippen LogP contribution in [0.1, 0.15) is 24.8 Å². The van der Waals surface area contributed by atoms with E-state index in [1.807, 2.05) is 18.2 Å². The summed E-state index contributed by atoms with van der Waals surface area (Å²) < 4.78 is 0. The summed E-state index contributed by atoms with van der Waals surface area (Å²) in [7, 11) is 0. The zero-order valence-corrected chi connectivity index (χ0v) is 8.91. The van der Waals surface area contributed by atoms with Gasteiger partial charge in [0.25, 0.3) is 0 Å². The van der Waals surface area contributed by atoms with E-state index < -0.39 is 0 Å². The summed E-state index contributed by atoms with van der Waals surface area (Å²) >= 11 is 11.9. The molecule has 1 fully saturated rings. The summed E-state index contributed by atoms with van der Waals surface area (Å²) in [4.78, 5) is 0. The van der Waals surface area contributed by atoms with Crippen molar-refractivity contribution in [2.75, 3.05) is 0 Å². The van der Waals surface area contributed by atoms with Crippen LogP contribution in [0.15, 0.2) is 18.2 Å². The van der Waals surface area contributed by atoms with Gasteiger partial charge in [-0.25, -0.2) is 0 Å². The van der Waals surface area contributed by atoms with E-state index in [4.69, 9.17) is 23.2 Å². The highest BCUT2D eigenvalue weighted by Gasteiger charge is 2.18. The second-order valence-corrected chi connectivity index (χ2v) is 4.58. The Kier molecular flexibility index (Phi) is 2.80. The van der Waals surface area contributed by atoms with E-state index in [0.717, 1.165) is 22.4 Å². The van der Waals surface area contributed by atoms with E-state index in [1.54, 1.807) is 0 Å². The van der Waals surface area contributed by atoms with E-state index in [9.17, 15) is 0 Å². The zero-order valence-electron chi connectivity index (χ0n) is 7.39. The van der Waals surface area contributed by atoms with E-state index in [2.05, 4.69) is 0 Å². The molecule has 70 valence electrons. The maximum atomic E-state index is 6.07. The average Bonchev–Trinajstić information content (AvgIpc) is 1.99. The first-order valence-electron chi connectivity index (χ1n) is 4.69. The molecule has 1 aliphatic rings. The minimum atomic E-state index is 0.724. The van der Waals surface area contributed by atoms with Crippen LogP contribution in [0, 0.1) is 5.92 Å². The lowest BCUT2D eigenvalue weighted by Gasteiger charge is -2.25. The van der Waals surface area contributed by atoms with E-state index in [0.29, 0.717) is 0 Å². The van der Waals surface area contributed by atoms with Crippen molar-refractivity contribution in [2.45, 2.75) is 25.7 Å². The van der Waals surface area contributed by atoms with Crippen molar-refractivity contribution >= 4 is 23.2 Å². The van der Waals surface area contributed by atoms with Crippen LogP contribution in [0.3, 0.4) is 0 Å². The minimum absolute atomic E-state index is 0.724. The smallest absolute Gasteiger partial charge is 0.0452 e. The predicted octanol–water partition coefficient (Wildman–Crippen LogP) is 4.34. The summed E-state index contributed by atoms with van der Waals surface area (Å²) in [5.41, 5.74) is 1.25. The molecule has 0 unspecified atom stereocenters. The van der Waals surface area contributed by atoms with Crippen molar-refractivity contribution in [3.8, 4) is 0 Å². The standard InChI is InChI=1S/C11H12Cl2/c12-10-5-4-9(11(13)7-10)6-8-2-1-3-8/h4-5,7-8H,1-3,6H2. The SMILES string of the molecule is Clc1ccc(CC2CCC2)c(Cl)c1. The fourth-order valence-corrected chi connectivity index (χ4v) is 2.18. The predicted molar refractivity (Wildman–Crippen MR) is 57.5 cm³/mol. The van der Waals surface area contributed by atoms with Crippen LogP contribution in [0.5, 0.6) is 0 Å². The minimum Gasteiger partial charge on any atom is -0.0843 e. The molecule has 2 rings (SSSR count). The van der Waals surface area contributed by atoms with Crippen molar-refractivity contribution in [3.05, 3.63) is 33.8 Å². The Morgan fingerprint density at radius 3 is 2.54 bits per heavy atom. The van der Waals surface area contributed by atoms with Gasteiger partial charge in [-0.3, -0.25) is 0 Å². The Hall–Kier alpha value is -0.200. The highest BCUT2D eigenvalue weighted by atomic mass is 35.5. The molecule has 1 aliphatic carbocycles. The first-order chi connectivity index (χ1) is 6.25. The molecule has 0 aliphatic heterocycles. The Morgan fingerprint density at radius 2 is 2.00 bits per heavy atom. The van der Waals surface area contributed by atoms with E-state index >= 15 is 0 Å². The van der Waals surface area contributed by atoms with Gasteiger partial charge >= 0.3 is 0 Å². The van der Waals surface area contributed by atoms with Crippen molar-refractivity contribution in [2.24, 2.45) is 5.92 Å². The van der Waals surface area contributed by atoms with Crippen LogP contribution in [-0.2, 0) is 6.42 Å². The number of benzene rings is 1. The lowest BCUT2D eigenvalue weighted by atomic mass is 9.81. The third-order valence-corrected chi connectivity index (χ3v) is 3.34. The Bertz CT molecular complexity index is 303. The fourth-order valence-electron chi connectivity index (χ4n) is 1.70. The highest BCUT2D eigenvalue weighted by Crippen LogP contribution is 2.32. The van der Waals surface area contributed by atoms with Crippen LogP contribution in [0.2, 0.25) is 10.0 Å². The van der Waals surface area contributed by atoms with Gasteiger partial charge in [0.1, 0.15) is 0 Å². The molecule has 1 saturated carbocycles. The first kappa shape index (κ1) is 9.36. The highest BCUT2D eigenvalue weighted by molar-refractivity contribution is 6.35. The first-order valence-corrected chi connectivity index (χ1v) is 5.45. The summed E-state index contributed by atoms with van der Waals surface area (Å²) in [5.74, 6) is 0.860. The molecule has 2 heteroatoms. The molecule has 0 atom stereocenters. The Labute approximate surface area is 88.9 Å². The lowest BCUT2D eigenvalue weighted by molar-refractivity contribution is 0.314. The molecule has 1 aromatic rings. The zero-order chi connectivity index (χ0) is 9.26. The summed E-state index contributed by atoms with van der Waals surface area (Å²) in [6.45, 7) is 0. The third-order valence-electron chi connectivity index (χ3n) is 2.75. The molecule has 0 amide bonds. The molecule has 0 aromatic heterocycles. The Morgan fingerprint density at radius 1 is 1.23 bits per heavy atom. The maximum absolute atomic E-state index is 6.07. The number of rotatable bonds is 2. The summed E-state index contributed by atoms with van der Waals surface area (Å²) in [5, 5.41) is 1.54. The van der Waals surface area contributed by atoms with Gasteiger partial charge in [-0.1, -0.05) is 48.5 Å². The molecule has 0 spiro atoms. The molecule has 0 bridgehead atoms. The molecular weight excluding hydrogens is 203 g/mol. The molecule has 13 heavy (non-hydrogen) atoms. The van der Waals surface area contributed by atoms with Gasteiger partial charge < -0.3 is 0 Å². The number of hydrogen-bond donors (Lipinski definition) is 0. The van der Waals surface area contributed by atoms with Crippen LogP contribution >= 0.6 is 23.2 Å². The summed E-state index contributed by atoms with van der Waals surface area (Å²) in [6, 6.07) is 5.79. The van der Waals surface area contributed by atoms with Gasteiger partial charge in [0.15, 0.2) is 0 Å². The van der Waals surface area contributed by atoms with Gasteiger partial charge in [-0.05, 0) is 30.0 Å². The van der Waals surface area contributed by atoms with Crippen molar-refractivity contribution < 1.29 is 0 Å². The van der Waals surface area contributed by atoms with E-state index in [1.165, 1.54) is 24.8 Å². The lowest BCUT2D eigenvalue weighted by Crippen LogP contribution is -2.13. The fraction of sp³-hybridized carbons (Fsp3) is 0.455. The van der Waals surface area contributed by atoms with Crippen molar-refractivity contribution in [1.29, 1.82) is 0 Å². The van der Waals surface area contributed by atoms with Crippen molar-refractivity contribution in [1.82, 2.24) is 0 Å². The maximum Gasteiger partial charge on any atom is 0.0452 e. The van der Waals surface area contributed by atoms with Crippen LogP contribution in [-0.4, -0.2) is 0 Å². The second-order valence-electron chi connectivity index (χ2n) is 3.74. The quantitative estimate of drug-likeness (QED) is 0.688. The van der Waals surface area contributed by atoms with Gasteiger partial charge in [0, 0.05) is 10.0 Å². The topological polar surface area (TPSA) is 0 Å². The third kappa shape index (κ3) is 2.18. The molecular formula is C11H12Cl2. The second kappa shape index (κ2) is 3.89. The van der Waals surface area contributed by atoms with Gasteiger partial charge in [0.2, 0.25) is 0 Å². The number of hydrogen-bond acceptors (Lipinski definition) is 0. The normalized spacial score (nSPS) is 17.1. The van der Waals surface area contributed by atoms with Gasteiger partial charge in [-0.15, -0.1) is 0 Å². The molecule has 0 saturated heterocycles.